The second-order valence-electron chi connectivity index (χ2n) is 9.65. The molecule has 8 heteroatoms. The number of benzene rings is 2. The van der Waals surface area contributed by atoms with Crippen LogP contribution < -0.4 is 4.74 Å². The lowest BCUT2D eigenvalue weighted by Crippen LogP contribution is -2.44. The summed E-state index contributed by atoms with van der Waals surface area (Å²) in [4.78, 5) is 31.9. The van der Waals surface area contributed by atoms with Crippen molar-refractivity contribution < 1.29 is 24.2 Å². The number of β-amino-alcohol motifs (C(OH)–C–C–N with tert-alkyl or cyclic N) is 1. The summed E-state index contributed by atoms with van der Waals surface area (Å²) in [5.41, 5.74) is 3.60. The fourth-order valence-corrected chi connectivity index (χ4v) is 5.17. The molecule has 1 saturated heterocycles. The van der Waals surface area contributed by atoms with Crippen molar-refractivity contribution in [2.75, 3.05) is 52.5 Å². The van der Waals surface area contributed by atoms with Crippen LogP contribution >= 0.6 is 0 Å². The van der Waals surface area contributed by atoms with Crippen LogP contribution in [-0.2, 0) is 17.7 Å². The Morgan fingerprint density at radius 3 is 2.74 bits per heavy atom. The maximum Gasteiger partial charge on any atom is 0.257 e. The number of nitrogens with zero attached hydrogens (tertiary/aromatic N) is 3. The Hall–Kier alpha value is -2.94. The molecule has 3 heterocycles. The smallest absolute Gasteiger partial charge is 0.257 e. The summed E-state index contributed by atoms with van der Waals surface area (Å²) in [7, 11) is 0. The van der Waals surface area contributed by atoms with Crippen LogP contribution in [0.2, 0.25) is 0 Å². The first-order valence-electron chi connectivity index (χ1n) is 12.4. The van der Waals surface area contributed by atoms with Crippen LogP contribution in [0.3, 0.4) is 0 Å². The van der Waals surface area contributed by atoms with Gasteiger partial charge in [-0.1, -0.05) is 24.3 Å². The quantitative estimate of drug-likeness (QED) is 0.704. The van der Waals surface area contributed by atoms with E-state index in [-0.39, 0.29) is 24.5 Å². The molecule has 35 heavy (non-hydrogen) atoms. The van der Waals surface area contributed by atoms with Gasteiger partial charge in [0.05, 0.1) is 30.9 Å². The van der Waals surface area contributed by atoms with Crippen molar-refractivity contribution in [1.82, 2.24) is 14.7 Å². The van der Waals surface area contributed by atoms with Crippen molar-refractivity contribution in [3.05, 3.63) is 64.7 Å². The molecule has 0 aliphatic carbocycles. The van der Waals surface area contributed by atoms with Crippen LogP contribution in [0.5, 0.6) is 5.75 Å². The highest BCUT2D eigenvalue weighted by molar-refractivity contribution is 6.00. The van der Waals surface area contributed by atoms with E-state index in [2.05, 4.69) is 23.1 Å². The van der Waals surface area contributed by atoms with Gasteiger partial charge in [-0.2, -0.15) is 0 Å². The van der Waals surface area contributed by atoms with Gasteiger partial charge in [0.25, 0.3) is 11.8 Å². The average Bonchev–Trinajstić information content (AvgIpc) is 3.01. The Bertz CT molecular complexity index is 1090. The molecule has 3 aliphatic heterocycles. The highest BCUT2D eigenvalue weighted by atomic mass is 16.5. The van der Waals surface area contributed by atoms with E-state index in [1.54, 1.807) is 28.0 Å². The number of aliphatic hydroxyl groups excluding tert-OH is 1. The van der Waals surface area contributed by atoms with Crippen molar-refractivity contribution in [2.24, 2.45) is 0 Å². The summed E-state index contributed by atoms with van der Waals surface area (Å²) in [5.74, 6) is 0.157. The van der Waals surface area contributed by atoms with Crippen molar-refractivity contribution in [3.8, 4) is 5.75 Å². The van der Waals surface area contributed by atoms with E-state index in [9.17, 15) is 14.7 Å². The Labute approximate surface area is 206 Å². The van der Waals surface area contributed by atoms with Gasteiger partial charge in [-0.05, 0) is 42.7 Å². The van der Waals surface area contributed by atoms with Gasteiger partial charge in [0.2, 0.25) is 0 Å². The predicted octanol–water partition coefficient (Wildman–Crippen LogP) is 1.80. The number of fused-ring (bicyclic) bond motifs is 2. The molecule has 0 radical (unpaired) electrons. The van der Waals surface area contributed by atoms with E-state index in [1.807, 2.05) is 13.0 Å². The molecule has 1 N–H and O–H groups in total. The topological polar surface area (TPSA) is 82.6 Å². The summed E-state index contributed by atoms with van der Waals surface area (Å²) in [6, 6.07) is 13.4. The molecule has 0 aromatic heterocycles. The van der Waals surface area contributed by atoms with Gasteiger partial charge in [0.15, 0.2) is 0 Å². The molecule has 0 bridgehead atoms. The second-order valence-corrected chi connectivity index (χ2v) is 9.65. The van der Waals surface area contributed by atoms with E-state index in [0.29, 0.717) is 56.3 Å². The zero-order valence-corrected chi connectivity index (χ0v) is 20.2. The molecule has 0 spiro atoms. The maximum absolute atomic E-state index is 13.3. The minimum atomic E-state index is -0.657. The first-order chi connectivity index (χ1) is 17.0. The minimum absolute atomic E-state index is 0.00558. The summed E-state index contributed by atoms with van der Waals surface area (Å²) < 4.78 is 11.4. The first kappa shape index (κ1) is 23.8. The predicted molar refractivity (Wildman–Crippen MR) is 131 cm³/mol. The van der Waals surface area contributed by atoms with Crippen LogP contribution in [0.15, 0.2) is 42.5 Å². The summed E-state index contributed by atoms with van der Waals surface area (Å²) in [6.07, 6.45) is 0.318. The van der Waals surface area contributed by atoms with E-state index >= 15 is 0 Å². The minimum Gasteiger partial charge on any atom is -0.491 e. The fraction of sp³-hybridized carbons (Fsp3) is 0.481. The highest BCUT2D eigenvalue weighted by Crippen LogP contribution is 2.26. The van der Waals surface area contributed by atoms with Gasteiger partial charge in [-0.25, -0.2) is 0 Å². The maximum atomic E-state index is 13.3. The molecule has 3 aliphatic rings. The number of carbonyl (C=O) groups is 2. The highest BCUT2D eigenvalue weighted by Gasteiger charge is 2.29. The lowest BCUT2D eigenvalue weighted by atomic mass is 10.00. The second kappa shape index (κ2) is 10.4. The third kappa shape index (κ3) is 5.34. The molecule has 2 aromatic carbocycles. The lowest BCUT2D eigenvalue weighted by molar-refractivity contribution is -0.0124. The lowest BCUT2D eigenvalue weighted by Gasteiger charge is -2.32. The number of ether oxygens (including phenoxy) is 2. The van der Waals surface area contributed by atoms with Gasteiger partial charge >= 0.3 is 0 Å². The van der Waals surface area contributed by atoms with E-state index in [1.165, 1.54) is 11.1 Å². The number of morpholine rings is 1. The molecule has 186 valence electrons. The van der Waals surface area contributed by atoms with Crippen LogP contribution in [0.25, 0.3) is 0 Å². The number of rotatable bonds is 5. The van der Waals surface area contributed by atoms with Gasteiger partial charge in [0, 0.05) is 44.8 Å². The van der Waals surface area contributed by atoms with Crippen LogP contribution in [-0.4, -0.2) is 96.3 Å². The Morgan fingerprint density at radius 1 is 1.09 bits per heavy atom. The molecule has 8 nitrogen and oxygen atoms in total. The molecule has 2 unspecified atom stereocenters. The Kier molecular flexibility index (Phi) is 7.04. The molecular formula is C27H33N3O5. The number of aliphatic hydroxyl groups is 1. The van der Waals surface area contributed by atoms with E-state index in [0.717, 1.165) is 19.5 Å². The zero-order chi connectivity index (χ0) is 24.4. The van der Waals surface area contributed by atoms with Gasteiger partial charge < -0.3 is 24.4 Å². The molecule has 2 amide bonds. The van der Waals surface area contributed by atoms with Gasteiger partial charge in [-0.3, -0.25) is 14.5 Å². The molecule has 5 rings (SSSR count). The molecule has 0 saturated carbocycles. The SMILES string of the molecule is CC1CN(C(=O)c2ccc3c(c2)OCCN(CC(O)CN2CCc4ccccc4C2)C3=O)CCO1. The third-order valence-electron chi connectivity index (χ3n) is 7.00. The number of carbonyl (C=O) groups excluding carboxylic acids is 2. The fourth-order valence-electron chi connectivity index (χ4n) is 5.17. The zero-order valence-electron chi connectivity index (χ0n) is 20.2. The van der Waals surface area contributed by atoms with Gasteiger partial charge in [-0.15, -0.1) is 0 Å². The summed E-state index contributed by atoms with van der Waals surface area (Å²) in [5, 5.41) is 10.8. The standard InChI is InChI=1S/C27H33N3O5/c1-19-15-29(10-12-34-19)26(32)21-6-7-24-25(14-21)35-13-11-30(27(24)33)18-23(31)17-28-9-8-20-4-2-3-5-22(20)16-28/h2-7,14,19,23,31H,8-13,15-18H2,1H3. The molecule has 2 aromatic rings. The monoisotopic (exact) mass is 479 g/mol. The largest absolute Gasteiger partial charge is 0.491 e. The van der Waals surface area contributed by atoms with E-state index in [4.69, 9.17) is 9.47 Å². The van der Waals surface area contributed by atoms with Crippen molar-refractivity contribution in [1.29, 1.82) is 0 Å². The molecule has 2 atom stereocenters. The van der Waals surface area contributed by atoms with Crippen LogP contribution in [0.1, 0.15) is 38.8 Å². The number of hydrogen-bond acceptors (Lipinski definition) is 6. The Morgan fingerprint density at radius 2 is 1.91 bits per heavy atom. The average molecular weight is 480 g/mol. The van der Waals surface area contributed by atoms with Crippen LogP contribution in [0.4, 0.5) is 0 Å². The van der Waals surface area contributed by atoms with Crippen LogP contribution in [0, 0.1) is 0 Å². The Balaban J connectivity index is 1.22. The van der Waals surface area contributed by atoms with Crippen molar-refractivity contribution in [3.63, 3.8) is 0 Å². The normalized spacial score (nSPS) is 21.5. The summed E-state index contributed by atoms with van der Waals surface area (Å²) >= 11 is 0. The first-order valence-corrected chi connectivity index (χ1v) is 12.4. The molecular weight excluding hydrogens is 446 g/mol. The number of amides is 2. The summed E-state index contributed by atoms with van der Waals surface area (Å²) in [6.45, 7) is 6.73. The van der Waals surface area contributed by atoms with Crippen molar-refractivity contribution >= 4 is 11.8 Å². The van der Waals surface area contributed by atoms with E-state index < -0.39 is 6.10 Å². The van der Waals surface area contributed by atoms with Crippen molar-refractivity contribution in [2.45, 2.75) is 32.1 Å². The number of hydrogen-bond donors (Lipinski definition) is 1. The third-order valence-corrected chi connectivity index (χ3v) is 7.00. The van der Waals surface area contributed by atoms with Gasteiger partial charge in [0.1, 0.15) is 12.4 Å². The molecule has 1 fully saturated rings.